The Balaban J connectivity index is 0.00000181. The maximum absolute atomic E-state index is 4.90. The second-order valence-corrected chi connectivity index (χ2v) is 6.66. The Morgan fingerprint density at radius 2 is 1.59 bits per heavy atom. The average molecular weight is 554 g/mol. The van der Waals surface area contributed by atoms with Gasteiger partial charge in [-0.05, 0) is 12.1 Å². The van der Waals surface area contributed by atoms with Crippen molar-refractivity contribution in [1.82, 2.24) is 9.55 Å². The SMILES string of the molecule is [Ir].[c-]1cccc2c1N1[CH-]N(c3nccn3-c3ccccc3)N=C1c1ccccc1-2. The standard InChI is InChI=1S/C23H15N5.Ir/c1-2-8-17(9-3-1)26-15-14-24-23(26)28-16-27-21-13-7-6-11-19(21)18-10-4-5-12-20(18)22(27)25-28;/h1-12,14-16H;/q-2;. The quantitative estimate of drug-likeness (QED) is 0.344. The van der Waals surface area contributed by atoms with E-state index in [0.29, 0.717) is 0 Å². The van der Waals surface area contributed by atoms with Crippen LogP contribution in [0, 0.1) is 12.7 Å². The molecule has 0 bridgehead atoms. The molecule has 29 heavy (non-hydrogen) atoms. The molecule has 0 N–H and O–H groups in total. The van der Waals surface area contributed by atoms with Crippen molar-refractivity contribution in [3.05, 3.63) is 103 Å². The van der Waals surface area contributed by atoms with Crippen molar-refractivity contribution in [1.29, 1.82) is 0 Å². The number of nitrogens with zero attached hydrogens (tertiary/aromatic N) is 5. The Morgan fingerprint density at radius 3 is 2.45 bits per heavy atom. The molecule has 0 saturated carbocycles. The maximum atomic E-state index is 4.90. The predicted octanol–water partition coefficient (Wildman–Crippen LogP) is 4.46. The van der Waals surface area contributed by atoms with Crippen LogP contribution >= 0.6 is 0 Å². The number of amidine groups is 1. The summed E-state index contributed by atoms with van der Waals surface area (Å²) >= 11 is 0. The molecule has 0 unspecified atom stereocenters. The van der Waals surface area contributed by atoms with Crippen molar-refractivity contribution in [2.75, 3.05) is 9.91 Å². The number of imidazole rings is 1. The molecule has 2 aliphatic rings. The summed E-state index contributed by atoms with van der Waals surface area (Å²) in [6, 6.07) is 28.0. The number of fused-ring (bicyclic) bond motifs is 6. The van der Waals surface area contributed by atoms with Crippen LogP contribution in [0.1, 0.15) is 5.56 Å². The van der Waals surface area contributed by atoms with Gasteiger partial charge in [0.2, 0.25) is 5.95 Å². The largest absolute Gasteiger partial charge is 0.476 e. The number of para-hydroxylation sites is 2. The second-order valence-electron chi connectivity index (χ2n) is 6.66. The Kier molecular flexibility index (Phi) is 4.31. The van der Waals surface area contributed by atoms with E-state index in [2.05, 4.69) is 52.3 Å². The molecule has 0 fully saturated rings. The zero-order valence-electron chi connectivity index (χ0n) is 15.2. The Morgan fingerprint density at radius 1 is 0.828 bits per heavy atom. The van der Waals surface area contributed by atoms with Crippen LogP contribution in [0.25, 0.3) is 16.8 Å². The van der Waals surface area contributed by atoms with Crippen molar-refractivity contribution in [3.8, 4) is 16.8 Å². The van der Waals surface area contributed by atoms with E-state index >= 15 is 0 Å². The second kappa shape index (κ2) is 6.99. The number of aromatic nitrogens is 2. The van der Waals surface area contributed by atoms with Gasteiger partial charge in [0, 0.05) is 43.7 Å². The van der Waals surface area contributed by atoms with Crippen molar-refractivity contribution < 1.29 is 20.1 Å². The molecule has 3 heterocycles. The fourth-order valence-electron chi connectivity index (χ4n) is 3.80. The fraction of sp³-hybridized carbons (Fsp3) is 0. The minimum absolute atomic E-state index is 0. The summed E-state index contributed by atoms with van der Waals surface area (Å²) in [7, 11) is 0. The van der Waals surface area contributed by atoms with Gasteiger partial charge in [0.15, 0.2) is 0 Å². The van der Waals surface area contributed by atoms with E-state index in [1.807, 2.05) is 58.8 Å². The van der Waals surface area contributed by atoms with Crippen molar-refractivity contribution in [2.45, 2.75) is 0 Å². The molecule has 0 amide bonds. The summed E-state index contributed by atoms with van der Waals surface area (Å²) < 4.78 is 2.03. The zero-order chi connectivity index (χ0) is 18.5. The summed E-state index contributed by atoms with van der Waals surface area (Å²) in [5.41, 5.74) is 5.47. The first kappa shape index (κ1) is 17.9. The molecular formula is C23H15IrN5-2. The van der Waals surface area contributed by atoms with Crippen molar-refractivity contribution in [3.63, 3.8) is 0 Å². The average Bonchev–Trinajstić information content (AvgIpc) is 3.42. The molecule has 143 valence electrons. The first-order valence-corrected chi connectivity index (χ1v) is 9.11. The molecule has 4 aromatic rings. The maximum Gasteiger partial charge on any atom is 0.201 e. The fourth-order valence-corrected chi connectivity index (χ4v) is 3.80. The van der Waals surface area contributed by atoms with Gasteiger partial charge in [-0.25, -0.2) is 4.98 Å². The molecule has 6 rings (SSSR count). The van der Waals surface area contributed by atoms with Gasteiger partial charge in [-0.2, -0.15) is 29.4 Å². The monoisotopic (exact) mass is 554 g/mol. The van der Waals surface area contributed by atoms with E-state index in [4.69, 9.17) is 5.10 Å². The molecule has 1 aromatic heterocycles. The number of anilines is 2. The first-order chi connectivity index (χ1) is 13.9. The van der Waals surface area contributed by atoms with Crippen LogP contribution in [0.3, 0.4) is 0 Å². The normalized spacial score (nSPS) is 13.9. The molecule has 2 aliphatic heterocycles. The van der Waals surface area contributed by atoms with Gasteiger partial charge in [0.25, 0.3) is 0 Å². The number of rotatable bonds is 2. The molecule has 0 spiro atoms. The van der Waals surface area contributed by atoms with Gasteiger partial charge < -0.3 is 9.91 Å². The van der Waals surface area contributed by atoms with Crippen LogP contribution in [-0.2, 0) is 20.1 Å². The van der Waals surface area contributed by atoms with E-state index in [1.165, 1.54) is 5.56 Å². The molecule has 0 aliphatic carbocycles. The third kappa shape index (κ3) is 2.72. The topological polar surface area (TPSA) is 36.7 Å². The van der Waals surface area contributed by atoms with E-state index in [9.17, 15) is 0 Å². The Hall–Kier alpha value is -3.21. The van der Waals surface area contributed by atoms with Crippen molar-refractivity contribution >= 4 is 17.5 Å². The van der Waals surface area contributed by atoms with Crippen LogP contribution in [0.2, 0.25) is 0 Å². The van der Waals surface area contributed by atoms with Gasteiger partial charge in [-0.1, -0.05) is 53.7 Å². The summed E-state index contributed by atoms with van der Waals surface area (Å²) in [4.78, 5) is 6.64. The zero-order valence-corrected chi connectivity index (χ0v) is 17.6. The Bertz CT molecular complexity index is 1210. The van der Waals surface area contributed by atoms with Crippen LogP contribution in [0.4, 0.5) is 11.6 Å². The van der Waals surface area contributed by atoms with E-state index < -0.39 is 0 Å². The van der Waals surface area contributed by atoms with Crippen LogP contribution in [0.15, 0.2) is 90.3 Å². The van der Waals surface area contributed by atoms with Gasteiger partial charge >= 0.3 is 0 Å². The smallest absolute Gasteiger partial charge is 0.201 e. The Labute approximate surface area is 182 Å². The molecule has 0 atom stereocenters. The van der Waals surface area contributed by atoms with Gasteiger partial charge in [-0.15, -0.1) is 12.2 Å². The van der Waals surface area contributed by atoms with Crippen LogP contribution < -0.4 is 9.91 Å². The van der Waals surface area contributed by atoms with Gasteiger partial charge in [0.05, 0.1) is 0 Å². The summed E-state index contributed by atoms with van der Waals surface area (Å²) in [6.45, 7) is 1.97. The molecule has 0 saturated heterocycles. The third-order valence-electron chi connectivity index (χ3n) is 5.05. The van der Waals surface area contributed by atoms with Gasteiger partial charge in [0.1, 0.15) is 5.84 Å². The van der Waals surface area contributed by atoms with Crippen molar-refractivity contribution in [2.24, 2.45) is 5.10 Å². The molecule has 1 radical (unpaired) electrons. The summed E-state index contributed by atoms with van der Waals surface area (Å²) in [5.74, 6) is 1.62. The first-order valence-electron chi connectivity index (χ1n) is 9.11. The van der Waals surface area contributed by atoms with Crippen LogP contribution in [-0.4, -0.2) is 15.4 Å². The molecular weight excluding hydrogens is 539 g/mol. The molecule has 3 aromatic carbocycles. The molecule has 6 heteroatoms. The molecule has 5 nitrogen and oxygen atoms in total. The number of hydrazone groups is 1. The van der Waals surface area contributed by atoms with E-state index in [-0.39, 0.29) is 20.1 Å². The van der Waals surface area contributed by atoms with Gasteiger partial charge in [-0.3, -0.25) is 4.57 Å². The predicted molar refractivity (Wildman–Crippen MR) is 110 cm³/mol. The number of hydrogen-bond donors (Lipinski definition) is 0. The summed E-state index contributed by atoms with van der Waals surface area (Å²) in [5, 5.41) is 6.72. The summed E-state index contributed by atoms with van der Waals surface area (Å²) in [6.07, 6.45) is 3.74. The van der Waals surface area contributed by atoms with E-state index in [1.54, 1.807) is 6.20 Å². The van der Waals surface area contributed by atoms with E-state index in [0.717, 1.165) is 34.3 Å². The number of hydrogen-bond acceptors (Lipinski definition) is 4. The minimum atomic E-state index is 0. The number of benzene rings is 3. The third-order valence-corrected chi connectivity index (χ3v) is 5.05. The van der Waals surface area contributed by atoms with Crippen LogP contribution in [0.5, 0.6) is 0 Å². The minimum Gasteiger partial charge on any atom is -0.476 e.